The number of nitriles is 1. The quantitative estimate of drug-likeness (QED) is 0.463. The van der Waals surface area contributed by atoms with E-state index in [0.717, 1.165) is 22.4 Å². The summed E-state index contributed by atoms with van der Waals surface area (Å²) in [5.74, 6) is -0.518. The first-order valence-electron chi connectivity index (χ1n) is 9.32. The summed E-state index contributed by atoms with van der Waals surface area (Å²) in [6, 6.07) is 26.1. The van der Waals surface area contributed by atoms with Crippen LogP contribution in [-0.4, -0.2) is 9.97 Å². The lowest BCUT2D eigenvalue weighted by atomic mass is 9.75. The SMILES string of the molecule is N#Cc1ccc(C(c2cccnc2)[C@H](c2ccc(F)cc2)c2ccccn2)cc1. The Morgan fingerprint density at radius 2 is 1.45 bits per heavy atom. The van der Waals surface area contributed by atoms with Gasteiger partial charge in [0.05, 0.1) is 11.6 Å². The normalized spacial score (nSPS) is 12.7. The fourth-order valence-corrected chi connectivity index (χ4v) is 3.67. The first-order chi connectivity index (χ1) is 14.3. The van der Waals surface area contributed by atoms with Crippen molar-refractivity contribution in [3.05, 3.63) is 131 Å². The van der Waals surface area contributed by atoms with Gasteiger partial charge < -0.3 is 0 Å². The van der Waals surface area contributed by atoms with E-state index in [1.807, 2.05) is 72.9 Å². The van der Waals surface area contributed by atoms with E-state index in [4.69, 9.17) is 5.26 Å². The van der Waals surface area contributed by atoms with Crippen molar-refractivity contribution in [1.82, 2.24) is 9.97 Å². The molecule has 0 radical (unpaired) electrons. The van der Waals surface area contributed by atoms with Crippen LogP contribution in [0.3, 0.4) is 0 Å². The molecule has 140 valence electrons. The molecular weight excluding hydrogens is 361 g/mol. The van der Waals surface area contributed by atoms with Gasteiger partial charge in [-0.05, 0) is 59.2 Å². The molecule has 0 aliphatic heterocycles. The van der Waals surface area contributed by atoms with Gasteiger partial charge in [-0.2, -0.15) is 5.26 Å². The molecule has 3 nitrogen and oxygen atoms in total. The first-order valence-corrected chi connectivity index (χ1v) is 9.32. The monoisotopic (exact) mass is 379 g/mol. The summed E-state index contributed by atoms with van der Waals surface area (Å²) in [4.78, 5) is 8.93. The number of aromatic nitrogens is 2. The molecule has 0 amide bonds. The van der Waals surface area contributed by atoms with E-state index in [9.17, 15) is 4.39 Å². The third kappa shape index (κ3) is 4.04. The highest BCUT2D eigenvalue weighted by Gasteiger charge is 2.29. The van der Waals surface area contributed by atoms with Crippen LogP contribution in [0.5, 0.6) is 0 Å². The van der Waals surface area contributed by atoms with E-state index in [1.165, 1.54) is 12.1 Å². The number of pyridine rings is 2. The minimum atomic E-state index is -0.273. The van der Waals surface area contributed by atoms with Crippen molar-refractivity contribution in [1.29, 1.82) is 5.26 Å². The average Bonchev–Trinajstić information content (AvgIpc) is 2.79. The Balaban J connectivity index is 1.92. The van der Waals surface area contributed by atoms with E-state index < -0.39 is 0 Å². The van der Waals surface area contributed by atoms with Crippen LogP contribution >= 0.6 is 0 Å². The molecule has 0 bridgehead atoms. The molecular formula is C25H18FN3. The molecule has 1 unspecified atom stereocenters. The Hall–Kier alpha value is -3.84. The molecule has 2 aromatic heterocycles. The third-order valence-electron chi connectivity index (χ3n) is 5.01. The van der Waals surface area contributed by atoms with Gasteiger partial charge in [0.25, 0.3) is 0 Å². The molecule has 0 saturated heterocycles. The van der Waals surface area contributed by atoms with Gasteiger partial charge in [0.1, 0.15) is 5.82 Å². The predicted molar refractivity (Wildman–Crippen MR) is 110 cm³/mol. The second kappa shape index (κ2) is 8.45. The number of hydrogen-bond donors (Lipinski definition) is 0. The molecule has 29 heavy (non-hydrogen) atoms. The van der Waals surface area contributed by atoms with E-state index in [0.29, 0.717) is 5.56 Å². The summed E-state index contributed by atoms with van der Waals surface area (Å²) < 4.78 is 13.6. The highest BCUT2D eigenvalue weighted by Crippen LogP contribution is 2.42. The maximum Gasteiger partial charge on any atom is 0.123 e. The molecule has 0 aliphatic carbocycles. The lowest BCUT2D eigenvalue weighted by molar-refractivity contribution is 0.622. The maximum atomic E-state index is 13.6. The molecule has 4 rings (SSSR count). The van der Waals surface area contributed by atoms with Crippen molar-refractivity contribution in [3.63, 3.8) is 0 Å². The van der Waals surface area contributed by atoms with E-state index in [-0.39, 0.29) is 17.7 Å². The van der Waals surface area contributed by atoms with Gasteiger partial charge >= 0.3 is 0 Å². The van der Waals surface area contributed by atoms with E-state index in [2.05, 4.69) is 16.0 Å². The Bertz CT molecular complexity index is 1100. The van der Waals surface area contributed by atoms with Gasteiger partial charge in [-0.15, -0.1) is 0 Å². The van der Waals surface area contributed by atoms with Crippen LogP contribution in [0.25, 0.3) is 0 Å². The molecule has 4 heteroatoms. The predicted octanol–water partition coefficient (Wildman–Crippen LogP) is 5.45. The van der Waals surface area contributed by atoms with Gasteiger partial charge in [-0.3, -0.25) is 9.97 Å². The summed E-state index contributed by atoms with van der Waals surface area (Å²) in [6.45, 7) is 0. The van der Waals surface area contributed by atoms with Crippen molar-refractivity contribution < 1.29 is 4.39 Å². The molecule has 2 atom stereocenters. The molecule has 0 spiro atoms. The molecule has 2 heterocycles. The van der Waals surface area contributed by atoms with Crippen LogP contribution in [0, 0.1) is 17.1 Å². The van der Waals surface area contributed by atoms with Crippen molar-refractivity contribution in [2.45, 2.75) is 11.8 Å². The minimum absolute atomic E-state index is 0.100. The topological polar surface area (TPSA) is 49.6 Å². The Morgan fingerprint density at radius 1 is 0.724 bits per heavy atom. The lowest BCUT2D eigenvalue weighted by Crippen LogP contribution is -2.16. The highest BCUT2D eigenvalue weighted by molar-refractivity contribution is 5.44. The standard InChI is InChI=1S/C25H18FN3/c26-22-12-10-20(11-13-22)25(23-5-1-2-15-29-23)24(21-4-3-14-28-17-21)19-8-6-18(16-27)7-9-19/h1-15,17,24-25H/t24?,25-/m1/s1. The second-order valence-corrected chi connectivity index (χ2v) is 6.78. The Kier molecular flexibility index (Phi) is 5.40. The van der Waals surface area contributed by atoms with Gasteiger partial charge in [0.15, 0.2) is 0 Å². The van der Waals surface area contributed by atoms with E-state index >= 15 is 0 Å². The van der Waals surface area contributed by atoms with Crippen LogP contribution in [-0.2, 0) is 0 Å². The summed E-state index contributed by atoms with van der Waals surface area (Å²) >= 11 is 0. The van der Waals surface area contributed by atoms with Crippen LogP contribution in [0.2, 0.25) is 0 Å². The van der Waals surface area contributed by atoms with Crippen LogP contribution in [0.15, 0.2) is 97.5 Å². The molecule has 0 saturated carbocycles. The van der Waals surface area contributed by atoms with Crippen molar-refractivity contribution in [2.24, 2.45) is 0 Å². The smallest absolute Gasteiger partial charge is 0.123 e. The van der Waals surface area contributed by atoms with E-state index in [1.54, 1.807) is 12.4 Å². The van der Waals surface area contributed by atoms with Crippen molar-refractivity contribution >= 4 is 0 Å². The zero-order chi connectivity index (χ0) is 20.1. The van der Waals surface area contributed by atoms with Gasteiger partial charge in [-0.1, -0.05) is 36.4 Å². The zero-order valence-corrected chi connectivity index (χ0v) is 15.6. The van der Waals surface area contributed by atoms with Gasteiger partial charge in [0, 0.05) is 36.1 Å². The second-order valence-electron chi connectivity index (χ2n) is 6.78. The maximum absolute atomic E-state index is 13.6. The fraction of sp³-hybridized carbons (Fsp3) is 0.0800. The Morgan fingerprint density at radius 3 is 2.07 bits per heavy atom. The highest BCUT2D eigenvalue weighted by atomic mass is 19.1. The molecule has 0 aliphatic rings. The number of halogens is 1. The number of nitrogens with zero attached hydrogens (tertiary/aromatic N) is 3. The summed E-state index contributed by atoms with van der Waals surface area (Å²) in [6.07, 6.45) is 5.36. The number of hydrogen-bond acceptors (Lipinski definition) is 3. The van der Waals surface area contributed by atoms with Crippen LogP contribution < -0.4 is 0 Å². The third-order valence-corrected chi connectivity index (χ3v) is 5.01. The molecule has 0 fully saturated rings. The lowest BCUT2D eigenvalue weighted by Gasteiger charge is -2.28. The number of rotatable bonds is 5. The average molecular weight is 379 g/mol. The molecule has 4 aromatic rings. The summed E-state index contributed by atoms with van der Waals surface area (Å²) in [7, 11) is 0. The molecule has 0 N–H and O–H groups in total. The minimum Gasteiger partial charge on any atom is -0.264 e. The zero-order valence-electron chi connectivity index (χ0n) is 15.6. The van der Waals surface area contributed by atoms with Crippen molar-refractivity contribution in [2.75, 3.05) is 0 Å². The summed E-state index contributed by atoms with van der Waals surface area (Å²) in [5, 5.41) is 9.17. The summed E-state index contributed by atoms with van der Waals surface area (Å²) in [5.41, 5.74) is 4.52. The van der Waals surface area contributed by atoms with Gasteiger partial charge in [0.2, 0.25) is 0 Å². The van der Waals surface area contributed by atoms with Crippen molar-refractivity contribution in [3.8, 4) is 6.07 Å². The first kappa shape index (κ1) is 18.5. The fourth-order valence-electron chi connectivity index (χ4n) is 3.67. The Labute approximate surface area is 169 Å². The van der Waals surface area contributed by atoms with Gasteiger partial charge in [-0.25, -0.2) is 4.39 Å². The van der Waals surface area contributed by atoms with Crippen LogP contribution in [0.4, 0.5) is 4.39 Å². The van der Waals surface area contributed by atoms with Crippen LogP contribution in [0.1, 0.15) is 39.8 Å². The number of benzene rings is 2. The molecule has 2 aromatic carbocycles. The largest absolute Gasteiger partial charge is 0.264 e.